The molecule has 29 heavy (non-hydrogen) atoms. The highest BCUT2D eigenvalue weighted by atomic mass is 35.5. The third-order valence-electron chi connectivity index (χ3n) is 4.50. The Morgan fingerprint density at radius 3 is 2.59 bits per heavy atom. The topological polar surface area (TPSA) is 84.0 Å². The number of H-pyrrole nitrogens is 1. The molecule has 0 saturated carbocycles. The highest BCUT2D eigenvalue weighted by Crippen LogP contribution is 2.15. The fourth-order valence-electron chi connectivity index (χ4n) is 3.02. The Kier molecular flexibility index (Phi) is 5.33. The maximum Gasteiger partial charge on any atom is 0.333 e. The zero-order chi connectivity index (χ0) is 20.4. The molecule has 0 atom stereocenters. The van der Waals surface area contributed by atoms with E-state index in [1.807, 2.05) is 18.2 Å². The van der Waals surface area contributed by atoms with Gasteiger partial charge in [0.05, 0.1) is 17.6 Å². The van der Waals surface area contributed by atoms with E-state index < -0.39 is 5.69 Å². The van der Waals surface area contributed by atoms with Crippen LogP contribution in [0, 0.1) is 0 Å². The minimum atomic E-state index is -0.494. The number of nitrogens with one attached hydrogen (secondary N) is 2. The lowest BCUT2D eigenvalue weighted by atomic mass is 10.1. The molecule has 8 heteroatoms. The number of halogens is 1. The number of fused-ring (bicyclic) bond motifs is 1. The summed E-state index contributed by atoms with van der Waals surface area (Å²) in [5, 5.41) is 5.21. The Balaban J connectivity index is 1.48. The SMILES string of the molecule is O=C(Cc1ccc(-n2c(=O)[nH]c3ccsc3c2=O)cc1)NCc1ccccc1Cl. The van der Waals surface area contributed by atoms with Crippen LogP contribution in [0.2, 0.25) is 5.02 Å². The van der Waals surface area contributed by atoms with Crippen molar-refractivity contribution in [2.24, 2.45) is 0 Å². The second kappa shape index (κ2) is 8.06. The average molecular weight is 426 g/mol. The van der Waals surface area contributed by atoms with Crippen LogP contribution in [0.1, 0.15) is 11.1 Å². The van der Waals surface area contributed by atoms with Crippen LogP contribution >= 0.6 is 22.9 Å². The van der Waals surface area contributed by atoms with Crippen LogP contribution in [0.15, 0.2) is 69.6 Å². The van der Waals surface area contributed by atoms with E-state index in [1.54, 1.807) is 41.8 Å². The van der Waals surface area contributed by atoms with Gasteiger partial charge in [0.25, 0.3) is 5.56 Å². The third-order valence-corrected chi connectivity index (χ3v) is 5.77. The number of carbonyl (C=O) groups excluding carboxylic acids is 1. The highest BCUT2D eigenvalue weighted by Gasteiger charge is 2.11. The standard InChI is InChI=1S/C21H16ClN3O3S/c22-16-4-2-1-3-14(16)12-23-18(26)11-13-5-7-15(8-6-13)25-20(27)19-17(9-10-29-19)24-21(25)28/h1-10H,11-12H2,(H,23,26)(H,24,28). The largest absolute Gasteiger partial charge is 0.352 e. The first kappa shape index (κ1) is 19.2. The van der Waals surface area contributed by atoms with Gasteiger partial charge in [-0.05, 0) is 40.8 Å². The zero-order valence-corrected chi connectivity index (χ0v) is 16.7. The first-order valence-electron chi connectivity index (χ1n) is 8.85. The van der Waals surface area contributed by atoms with Crippen LogP contribution in [0.3, 0.4) is 0 Å². The molecule has 4 rings (SSSR count). The molecule has 0 aliphatic rings. The van der Waals surface area contributed by atoms with Gasteiger partial charge in [-0.2, -0.15) is 0 Å². The van der Waals surface area contributed by atoms with Gasteiger partial charge in [-0.1, -0.05) is 41.9 Å². The monoisotopic (exact) mass is 425 g/mol. The van der Waals surface area contributed by atoms with Gasteiger partial charge in [-0.25, -0.2) is 9.36 Å². The summed E-state index contributed by atoms with van der Waals surface area (Å²) in [6.45, 7) is 0.349. The van der Waals surface area contributed by atoms with Gasteiger partial charge in [0.2, 0.25) is 5.91 Å². The number of carbonyl (C=O) groups is 1. The van der Waals surface area contributed by atoms with Crippen molar-refractivity contribution in [1.29, 1.82) is 0 Å². The van der Waals surface area contributed by atoms with Crippen molar-refractivity contribution >= 4 is 39.1 Å². The molecule has 0 saturated heterocycles. The van der Waals surface area contributed by atoms with E-state index in [-0.39, 0.29) is 17.9 Å². The van der Waals surface area contributed by atoms with E-state index >= 15 is 0 Å². The average Bonchev–Trinajstić information content (AvgIpc) is 3.17. The van der Waals surface area contributed by atoms with Gasteiger partial charge < -0.3 is 10.3 Å². The normalized spacial score (nSPS) is 10.9. The molecule has 0 fully saturated rings. The van der Waals surface area contributed by atoms with Gasteiger partial charge in [-0.3, -0.25) is 9.59 Å². The molecular weight excluding hydrogens is 410 g/mol. The van der Waals surface area contributed by atoms with E-state index in [2.05, 4.69) is 10.3 Å². The fraction of sp³-hybridized carbons (Fsp3) is 0.0952. The molecule has 0 spiro atoms. The van der Waals surface area contributed by atoms with Gasteiger partial charge in [-0.15, -0.1) is 11.3 Å². The summed E-state index contributed by atoms with van der Waals surface area (Å²) in [6.07, 6.45) is 0.181. The van der Waals surface area contributed by atoms with Crippen LogP contribution in [0.5, 0.6) is 0 Å². The molecule has 2 aromatic carbocycles. The quantitative estimate of drug-likeness (QED) is 0.514. The number of amides is 1. The lowest BCUT2D eigenvalue weighted by Gasteiger charge is -2.08. The number of rotatable bonds is 5. The molecule has 0 aliphatic carbocycles. The molecule has 0 aliphatic heterocycles. The van der Waals surface area contributed by atoms with Crippen LogP contribution in [-0.4, -0.2) is 15.5 Å². The molecule has 0 unspecified atom stereocenters. The van der Waals surface area contributed by atoms with E-state index in [0.717, 1.165) is 15.7 Å². The molecule has 6 nitrogen and oxygen atoms in total. The van der Waals surface area contributed by atoms with Crippen LogP contribution < -0.4 is 16.6 Å². The van der Waals surface area contributed by atoms with Crippen molar-refractivity contribution in [2.75, 3.05) is 0 Å². The smallest absolute Gasteiger partial charge is 0.333 e. The van der Waals surface area contributed by atoms with Crippen LogP contribution in [0.4, 0.5) is 0 Å². The predicted octanol–water partition coefficient (Wildman–Crippen LogP) is 3.25. The molecular formula is C21H16ClN3O3S. The second-order valence-corrected chi connectivity index (χ2v) is 7.77. The Hall–Kier alpha value is -3.16. The first-order valence-corrected chi connectivity index (χ1v) is 10.1. The Morgan fingerprint density at radius 2 is 1.83 bits per heavy atom. The van der Waals surface area contributed by atoms with Crippen molar-refractivity contribution in [2.45, 2.75) is 13.0 Å². The van der Waals surface area contributed by atoms with Crippen molar-refractivity contribution in [3.05, 3.63) is 97.0 Å². The number of benzene rings is 2. The summed E-state index contributed by atoms with van der Waals surface area (Å²) in [7, 11) is 0. The van der Waals surface area contributed by atoms with Gasteiger partial charge in [0, 0.05) is 11.6 Å². The maximum atomic E-state index is 12.6. The number of nitrogens with zero attached hydrogens (tertiary/aromatic N) is 1. The third kappa shape index (κ3) is 4.01. The van der Waals surface area contributed by atoms with E-state index in [4.69, 9.17) is 11.6 Å². The summed E-state index contributed by atoms with van der Waals surface area (Å²) in [5.74, 6) is -0.146. The summed E-state index contributed by atoms with van der Waals surface area (Å²) < 4.78 is 1.59. The number of aromatic amines is 1. The Morgan fingerprint density at radius 1 is 1.07 bits per heavy atom. The van der Waals surface area contributed by atoms with E-state index in [1.165, 1.54) is 11.3 Å². The number of hydrogen-bond acceptors (Lipinski definition) is 4. The molecule has 0 radical (unpaired) electrons. The van der Waals surface area contributed by atoms with Gasteiger partial charge >= 0.3 is 5.69 Å². The van der Waals surface area contributed by atoms with E-state index in [9.17, 15) is 14.4 Å². The lowest BCUT2D eigenvalue weighted by molar-refractivity contribution is -0.120. The molecule has 2 N–H and O–H groups in total. The molecule has 2 heterocycles. The lowest BCUT2D eigenvalue weighted by Crippen LogP contribution is -2.33. The summed E-state index contributed by atoms with van der Waals surface area (Å²) in [6, 6.07) is 15.8. The van der Waals surface area contributed by atoms with Gasteiger partial charge in [0.1, 0.15) is 4.70 Å². The highest BCUT2D eigenvalue weighted by molar-refractivity contribution is 7.17. The maximum absolute atomic E-state index is 12.6. The molecule has 0 bridgehead atoms. The fourth-order valence-corrected chi connectivity index (χ4v) is 4.00. The van der Waals surface area contributed by atoms with Crippen molar-refractivity contribution in [3.8, 4) is 5.69 Å². The minimum Gasteiger partial charge on any atom is -0.352 e. The number of hydrogen-bond donors (Lipinski definition) is 2. The Labute approximate surface area is 174 Å². The molecule has 2 aromatic heterocycles. The van der Waals surface area contributed by atoms with Crippen molar-refractivity contribution in [1.82, 2.24) is 14.9 Å². The van der Waals surface area contributed by atoms with Crippen molar-refractivity contribution < 1.29 is 4.79 Å². The summed E-state index contributed by atoms with van der Waals surface area (Å²) in [4.78, 5) is 39.8. The van der Waals surface area contributed by atoms with E-state index in [0.29, 0.717) is 27.5 Å². The minimum absolute atomic E-state index is 0.146. The molecule has 146 valence electrons. The number of aromatic nitrogens is 2. The second-order valence-electron chi connectivity index (χ2n) is 6.45. The molecule has 4 aromatic rings. The predicted molar refractivity (Wildman–Crippen MR) is 115 cm³/mol. The summed E-state index contributed by atoms with van der Waals surface area (Å²) >= 11 is 7.37. The first-order chi connectivity index (χ1) is 14.0. The van der Waals surface area contributed by atoms with Crippen LogP contribution in [0.25, 0.3) is 15.9 Å². The summed E-state index contributed by atoms with van der Waals surface area (Å²) in [5.41, 5.74) is 1.75. The zero-order valence-electron chi connectivity index (χ0n) is 15.1. The van der Waals surface area contributed by atoms with Crippen LogP contribution in [-0.2, 0) is 17.8 Å². The molecule has 1 amide bonds. The number of thiophene rings is 1. The Bertz CT molecular complexity index is 1310. The van der Waals surface area contributed by atoms with Crippen molar-refractivity contribution in [3.63, 3.8) is 0 Å². The van der Waals surface area contributed by atoms with Gasteiger partial charge in [0.15, 0.2) is 0 Å².